The van der Waals surface area contributed by atoms with Crippen LogP contribution in [0.5, 0.6) is 0 Å². The van der Waals surface area contributed by atoms with E-state index in [2.05, 4.69) is 5.16 Å². The summed E-state index contributed by atoms with van der Waals surface area (Å²) in [6.07, 6.45) is 1.76. The molecule has 4 nitrogen and oxygen atoms in total. The number of hydrogen-bond donors (Lipinski definition) is 1. The van der Waals surface area contributed by atoms with Gasteiger partial charge in [-0.1, -0.05) is 5.16 Å². The summed E-state index contributed by atoms with van der Waals surface area (Å²) in [6, 6.07) is 0. The molecule has 0 aromatic rings. The molecule has 14 heavy (non-hydrogen) atoms. The standard InChI is InChI=1S/C10H15NO3/c1-3-14-11-7(2)10-8(12)5-4-6-9(10)13/h12H,3-6H2,1-2H3. The van der Waals surface area contributed by atoms with Crippen LogP contribution >= 0.6 is 0 Å². The van der Waals surface area contributed by atoms with Gasteiger partial charge in [0, 0.05) is 12.8 Å². The Kier molecular flexibility index (Phi) is 3.68. The summed E-state index contributed by atoms with van der Waals surface area (Å²) in [5.74, 6) is 0.0944. The molecule has 4 heteroatoms. The third kappa shape index (κ3) is 2.34. The summed E-state index contributed by atoms with van der Waals surface area (Å²) < 4.78 is 0. The predicted molar refractivity (Wildman–Crippen MR) is 53.2 cm³/mol. The Morgan fingerprint density at radius 1 is 1.57 bits per heavy atom. The second kappa shape index (κ2) is 4.79. The molecule has 1 rings (SSSR count). The number of hydrogen-bond acceptors (Lipinski definition) is 4. The second-order valence-electron chi connectivity index (χ2n) is 3.19. The normalized spacial score (nSPS) is 18.7. The molecule has 0 heterocycles. The number of carbonyl (C=O) groups is 1. The lowest BCUT2D eigenvalue weighted by Crippen LogP contribution is -2.17. The van der Waals surface area contributed by atoms with E-state index in [1.54, 1.807) is 6.92 Å². The fourth-order valence-corrected chi connectivity index (χ4v) is 1.44. The number of aliphatic hydroxyl groups excluding tert-OH is 1. The van der Waals surface area contributed by atoms with Crippen LogP contribution in [0.3, 0.4) is 0 Å². The molecule has 0 aromatic heterocycles. The van der Waals surface area contributed by atoms with Gasteiger partial charge in [0.05, 0.1) is 11.3 Å². The van der Waals surface area contributed by atoms with Gasteiger partial charge in [0.2, 0.25) is 0 Å². The average molecular weight is 197 g/mol. The third-order valence-electron chi connectivity index (χ3n) is 2.08. The second-order valence-corrected chi connectivity index (χ2v) is 3.19. The van der Waals surface area contributed by atoms with Crippen molar-refractivity contribution < 1.29 is 14.7 Å². The van der Waals surface area contributed by atoms with Crippen molar-refractivity contribution in [3.8, 4) is 0 Å². The van der Waals surface area contributed by atoms with E-state index in [9.17, 15) is 9.90 Å². The largest absolute Gasteiger partial charge is 0.511 e. The minimum atomic E-state index is -0.0466. The van der Waals surface area contributed by atoms with Crippen LogP contribution in [0.1, 0.15) is 33.1 Å². The minimum absolute atomic E-state index is 0.0466. The molecule has 0 aliphatic heterocycles. The van der Waals surface area contributed by atoms with Gasteiger partial charge in [-0.3, -0.25) is 4.79 Å². The molecule has 0 aromatic carbocycles. The summed E-state index contributed by atoms with van der Waals surface area (Å²) in [5.41, 5.74) is 0.804. The van der Waals surface area contributed by atoms with Gasteiger partial charge in [0.25, 0.3) is 0 Å². The number of nitrogens with zero attached hydrogens (tertiary/aromatic N) is 1. The van der Waals surface area contributed by atoms with Crippen molar-refractivity contribution in [1.29, 1.82) is 0 Å². The Morgan fingerprint density at radius 2 is 2.29 bits per heavy atom. The molecular formula is C10H15NO3. The number of carbonyl (C=O) groups excluding carboxylic acids is 1. The molecule has 0 spiro atoms. The zero-order chi connectivity index (χ0) is 10.6. The topological polar surface area (TPSA) is 58.9 Å². The number of oxime groups is 1. The van der Waals surface area contributed by atoms with Crippen molar-refractivity contribution in [2.24, 2.45) is 5.16 Å². The zero-order valence-electron chi connectivity index (χ0n) is 8.54. The summed E-state index contributed by atoms with van der Waals surface area (Å²) in [7, 11) is 0. The molecule has 0 bridgehead atoms. The lowest BCUT2D eigenvalue weighted by Gasteiger charge is -2.14. The smallest absolute Gasteiger partial charge is 0.168 e. The zero-order valence-corrected chi connectivity index (χ0v) is 8.54. The molecule has 0 saturated carbocycles. The average Bonchev–Trinajstić information content (AvgIpc) is 2.14. The number of ketones is 1. The third-order valence-corrected chi connectivity index (χ3v) is 2.08. The van der Waals surface area contributed by atoms with Gasteiger partial charge in [0.15, 0.2) is 5.78 Å². The number of Topliss-reactive ketones (excluding diaryl/α,β-unsaturated/α-hetero) is 1. The van der Waals surface area contributed by atoms with Gasteiger partial charge in [0.1, 0.15) is 12.4 Å². The highest BCUT2D eigenvalue weighted by Crippen LogP contribution is 2.21. The first kappa shape index (κ1) is 10.8. The summed E-state index contributed by atoms with van der Waals surface area (Å²) in [6.45, 7) is 3.94. The number of allylic oxidation sites excluding steroid dienone is 2. The first-order valence-corrected chi connectivity index (χ1v) is 4.79. The van der Waals surface area contributed by atoms with E-state index >= 15 is 0 Å². The van der Waals surface area contributed by atoms with Crippen LogP contribution in [0.4, 0.5) is 0 Å². The fourth-order valence-electron chi connectivity index (χ4n) is 1.44. The molecule has 1 aliphatic rings. The molecule has 1 aliphatic carbocycles. The Labute approximate surface area is 83.2 Å². The van der Waals surface area contributed by atoms with E-state index in [0.29, 0.717) is 30.7 Å². The summed E-state index contributed by atoms with van der Waals surface area (Å²) in [5, 5.41) is 13.3. The van der Waals surface area contributed by atoms with Crippen LogP contribution < -0.4 is 0 Å². The Hall–Kier alpha value is -1.32. The van der Waals surface area contributed by atoms with E-state index in [4.69, 9.17) is 4.84 Å². The monoisotopic (exact) mass is 197 g/mol. The van der Waals surface area contributed by atoms with Crippen LogP contribution in [0.2, 0.25) is 0 Å². The maximum atomic E-state index is 11.5. The van der Waals surface area contributed by atoms with Gasteiger partial charge in [-0.2, -0.15) is 0 Å². The molecule has 0 radical (unpaired) electrons. The van der Waals surface area contributed by atoms with E-state index in [-0.39, 0.29) is 11.5 Å². The molecule has 0 unspecified atom stereocenters. The van der Waals surface area contributed by atoms with Crippen molar-refractivity contribution in [2.75, 3.05) is 6.61 Å². The summed E-state index contributed by atoms with van der Waals surface area (Å²) in [4.78, 5) is 16.3. The van der Waals surface area contributed by atoms with Crippen molar-refractivity contribution in [3.05, 3.63) is 11.3 Å². The lowest BCUT2D eigenvalue weighted by atomic mass is 9.93. The highest BCUT2D eigenvalue weighted by molar-refractivity contribution is 6.22. The Morgan fingerprint density at radius 3 is 2.86 bits per heavy atom. The Bertz CT molecular complexity index is 292. The highest BCUT2D eigenvalue weighted by Gasteiger charge is 2.22. The molecule has 78 valence electrons. The van der Waals surface area contributed by atoms with Gasteiger partial charge < -0.3 is 9.94 Å². The highest BCUT2D eigenvalue weighted by atomic mass is 16.6. The SMILES string of the molecule is CCON=C(C)C1=C(O)CCCC1=O. The number of rotatable bonds is 3. The van der Waals surface area contributed by atoms with Crippen molar-refractivity contribution in [2.45, 2.75) is 33.1 Å². The van der Waals surface area contributed by atoms with Crippen LogP contribution in [0.15, 0.2) is 16.5 Å². The van der Waals surface area contributed by atoms with E-state index in [0.717, 1.165) is 6.42 Å². The van der Waals surface area contributed by atoms with Gasteiger partial charge >= 0.3 is 0 Å². The van der Waals surface area contributed by atoms with E-state index in [1.165, 1.54) is 0 Å². The first-order chi connectivity index (χ1) is 6.66. The minimum Gasteiger partial charge on any atom is -0.511 e. The van der Waals surface area contributed by atoms with Gasteiger partial charge in [-0.25, -0.2) is 0 Å². The predicted octanol–water partition coefficient (Wildman–Crippen LogP) is 1.96. The molecule has 0 amide bonds. The molecular weight excluding hydrogens is 182 g/mol. The summed E-state index contributed by atoms with van der Waals surface area (Å²) >= 11 is 0. The Balaban J connectivity index is 2.87. The van der Waals surface area contributed by atoms with Crippen LogP contribution in [-0.2, 0) is 9.63 Å². The number of aliphatic hydroxyl groups is 1. The maximum Gasteiger partial charge on any atom is 0.168 e. The first-order valence-electron chi connectivity index (χ1n) is 4.79. The molecule has 1 N–H and O–H groups in total. The van der Waals surface area contributed by atoms with Gasteiger partial charge in [-0.15, -0.1) is 0 Å². The van der Waals surface area contributed by atoms with Crippen LogP contribution in [0, 0.1) is 0 Å². The van der Waals surface area contributed by atoms with Crippen molar-refractivity contribution in [3.63, 3.8) is 0 Å². The van der Waals surface area contributed by atoms with Crippen LogP contribution in [-0.4, -0.2) is 23.2 Å². The lowest BCUT2D eigenvalue weighted by molar-refractivity contribution is -0.115. The van der Waals surface area contributed by atoms with E-state index < -0.39 is 0 Å². The van der Waals surface area contributed by atoms with Gasteiger partial charge in [-0.05, 0) is 20.3 Å². The molecule has 0 fully saturated rings. The van der Waals surface area contributed by atoms with Crippen molar-refractivity contribution in [1.82, 2.24) is 0 Å². The maximum absolute atomic E-state index is 11.5. The van der Waals surface area contributed by atoms with Crippen LogP contribution in [0.25, 0.3) is 0 Å². The molecule has 0 atom stereocenters. The van der Waals surface area contributed by atoms with Crippen molar-refractivity contribution >= 4 is 11.5 Å². The quantitative estimate of drug-likeness (QED) is 0.555. The fraction of sp³-hybridized carbons (Fsp3) is 0.600. The van der Waals surface area contributed by atoms with E-state index in [1.807, 2.05) is 6.92 Å². The molecule has 0 saturated heterocycles.